The zero-order valence-electron chi connectivity index (χ0n) is 18.3. The second-order valence-electron chi connectivity index (χ2n) is 7.88. The highest BCUT2D eigenvalue weighted by atomic mass is 32.2. The summed E-state index contributed by atoms with van der Waals surface area (Å²) in [7, 11) is 0. The van der Waals surface area contributed by atoms with Crippen molar-refractivity contribution in [1.82, 2.24) is 14.5 Å². The molecule has 0 spiro atoms. The Labute approximate surface area is 200 Å². The maximum atomic E-state index is 13.8. The van der Waals surface area contributed by atoms with Gasteiger partial charge in [-0.3, -0.25) is 19.1 Å². The van der Waals surface area contributed by atoms with Crippen LogP contribution in [0.2, 0.25) is 0 Å². The number of hydrogen-bond donors (Lipinski definition) is 1. The fourth-order valence-corrected chi connectivity index (χ4v) is 6.21. The summed E-state index contributed by atoms with van der Waals surface area (Å²) >= 11 is 2.89. The zero-order valence-corrected chi connectivity index (χ0v) is 19.9. The van der Waals surface area contributed by atoms with E-state index in [9.17, 15) is 9.59 Å². The SMILES string of the molecule is CCN1CCc2c(sc3nc(SCC(=O)Nc4ccccc4)n(-c4ccccc4)c(=O)c23)C1. The summed E-state index contributed by atoms with van der Waals surface area (Å²) < 4.78 is 1.65. The van der Waals surface area contributed by atoms with Gasteiger partial charge in [0.05, 0.1) is 16.8 Å². The van der Waals surface area contributed by atoms with Gasteiger partial charge in [0.2, 0.25) is 5.91 Å². The first kappa shape index (κ1) is 21.9. The molecule has 0 unspecified atom stereocenters. The first-order valence-corrected chi connectivity index (χ1v) is 12.8. The highest BCUT2D eigenvalue weighted by Gasteiger charge is 2.25. The van der Waals surface area contributed by atoms with Gasteiger partial charge < -0.3 is 5.32 Å². The number of rotatable bonds is 6. The fraction of sp³-hybridized carbons (Fsp3) is 0.240. The number of thiophene rings is 1. The van der Waals surface area contributed by atoms with Gasteiger partial charge >= 0.3 is 0 Å². The lowest BCUT2D eigenvalue weighted by atomic mass is 10.1. The zero-order chi connectivity index (χ0) is 22.8. The topological polar surface area (TPSA) is 67.2 Å². The van der Waals surface area contributed by atoms with Crippen molar-refractivity contribution < 1.29 is 4.79 Å². The Bertz CT molecular complexity index is 1350. The molecule has 0 aliphatic carbocycles. The monoisotopic (exact) mass is 476 g/mol. The molecule has 0 saturated heterocycles. The maximum absolute atomic E-state index is 13.8. The van der Waals surface area contributed by atoms with Gasteiger partial charge in [0, 0.05) is 23.7 Å². The molecule has 1 N–H and O–H groups in total. The van der Waals surface area contributed by atoms with E-state index in [0.29, 0.717) is 5.16 Å². The lowest BCUT2D eigenvalue weighted by Gasteiger charge is -2.25. The number of amides is 1. The van der Waals surface area contributed by atoms with Crippen LogP contribution in [0.5, 0.6) is 0 Å². The molecule has 6 nitrogen and oxygen atoms in total. The molecule has 2 aromatic heterocycles. The van der Waals surface area contributed by atoms with Crippen molar-refractivity contribution in [2.45, 2.75) is 25.0 Å². The number of thioether (sulfide) groups is 1. The average Bonchev–Trinajstić information content (AvgIpc) is 3.21. The first-order chi connectivity index (χ1) is 16.1. The van der Waals surface area contributed by atoms with Crippen LogP contribution in [-0.2, 0) is 17.8 Å². The molecule has 1 amide bonds. The summed E-state index contributed by atoms with van der Waals surface area (Å²) in [4.78, 5) is 35.6. The summed E-state index contributed by atoms with van der Waals surface area (Å²) in [5.74, 6) is 0.0261. The summed E-state index contributed by atoms with van der Waals surface area (Å²) in [6.07, 6.45) is 0.862. The van der Waals surface area contributed by atoms with E-state index in [4.69, 9.17) is 4.98 Å². The minimum Gasteiger partial charge on any atom is -0.325 e. The number of likely N-dealkylation sites (N-methyl/N-ethyl adjacent to an activating group) is 1. The lowest BCUT2D eigenvalue weighted by Crippen LogP contribution is -2.30. The Morgan fingerprint density at radius 1 is 1.12 bits per heavy atom. The van der Waals surface area contributed by atoms with Gasteiger partial charge in [0.1, 0.15) is 4.83 Å². The van der Waals surface area contributed by atoms with Gasteiger partial charge in [0.25, 0.3) is 5.56 Å². The quantitative estimate of drug-likeness (QED) is 0.327. The highest BCUT2D eigenvalue weighted by Crippen LogP contribution is 2.34. The van der Waals surface area contributed by atoms with Crippen molar-refractivity contribution in [3.8, 4) is 5.69 Å². The predicted octanol–water partition coefficient (Wildman–Crippen LogP) is 4.56. The van der Waals surface area contributed by atoms with Gasteiger partial charge in [-0.25, -0.2) is 4.98 Å². The third-order valence-electron chi connectivity index (χ3n) is 5.77. The standard InChI is InChI=1S/C25H24N4O2S2/c1-2-28-14-13-19-20(15-28)33-23-22(19)24(31)29(18-11-7-4-8-12-18)25(27-23)32-16-21(30)26-17-9-5-3-6-10-17/h3-12H,2,13-16H2,1H3,(H,26,30). The summed E-state index contributed by atoms with van der Waals surface area (Å²) in [6, 6.07) is 18.9. The van der Waals surface area contributed by atoms with E-state index in [0.717, 1.165) is 53.2 Å². The normalized spacial score (nSPS) is 13.7. The molecular weight excluding hydrogens is 452 g/mol. The van der Waals surface area contributed by atoms with Gasteiger partial charge in [0.15, 0.2) is 5.16 Å². The fourth-order valence-electron chi connectivity index (χ4n) is 4.10. The van der Waals surface area contributed by atoms with Gasteiger partial charge in [-0.05, 0) is 42.8 Å². The molecule has 1 aliphatic heterocycles. The number of carbonyl (C=O) groups excluding carboxylic acids is 1. The molecule has 2 aromatic carbocycles. The Morgan fingerprint density at radius 3 is 2.58 bits per heavy atom. The molecule has 3 heterocycles. The Morgan fingerprint density at radius 2 is 1.85 bits per heavy atom. The number of nitrogens with zero attached hydrogens (tertiary/aromatic N) is 3. The van der Waals surface area contributed by atoms with Gasteiger partial charge in [-0.2, -0.15) is 0 Å². The number of aromatic nitrogens is 2. The van der Waals surface area contributed by atoms with E-state index in [1.165, 1.54) is 16.6 Å². The van der Waals surface area contributed by atoms with Crippen LogP contribution in [0.4, 0.5) is 5.69 Å². The third-order valence-corrected chi connectivity index (χ3v) is 7.82. The van der Waals surface area contributed by atoms with Crippen molar-refractivity contribution in [2.24, 2.45) is 0 Å². The second kappa shape index (κ2) is 9.51. The van der Waals surface area contributed by atoms with Crippen LogP contribution in [0.1, 0.15) is 17.4 Å². The second-order valence-corrected chi connectivity index (χ2v) is 9.90. The van der Waals surface area contributed by atoms with E-state index in [1.54, 1.807) is 15.9 Å². The number of fused-ring (bicyclic) bond motifs is 3. The molecule has 5 rings (SSSR count). The van der Waals surface area contributed by atoms with Crippen LogP contribution in [0, 0.1) is 0 Å². The van der Waals surface area contributed by atoms with Crippen LogP contribution in [-0.4, -0.2) is 39.2 Å². The molecule has 1 aliphatic rings. The smallest absolute Gasteiger partial charge is 0.267 e. The molecule has 0 saturated carbocycles. The van der Waals surface area contributed by atoms with Crippen LogP contribution in [0.25, 0.3) is 15.9 Å². The number of carbonyl (C=O) groups is 1. The van der Waals surface area contributed by atoms with E-state index in [-0.39, 0.29) is 17.2 Å². The maximum Gasteiger partial charge on any atom is 0.267 e. The van der Waals surface area contributed by atoms with Crippen LogP contribution in [0.3, 0.4) is 0 Å². The molecule has 0 radical (unpaired) electrons. The van der Waals surface area contributed by atoms with Crippen molar-refractivity contribution >= 4 is 44.9 Å². The van der Waals surface area contributed by atoms with E-state index in [1.807, 2.05) is 60.7 Å². The minimum absolute atomic E-state index is 0.0559. The average molecular weight is 477 g/mol. The Balaban J connectivity index is 1.53. The number of para-hydroxylation sites is 2. The summed E-state index contributed by atoms with van der Waals surface area (Å²) in [6.45, 7) is 4.97. The Hall–Kier alpha value is -2.94. The molecule has 0 bridgehead atoms. The van der Waals surface area contributed by atoms with Gasteiger partial charge in [-0.1, -0.05) is 55.1 Å². The highest BCUT2D eigenvalue weighted by molar-refractivity contribution is 7.99. The molecule has 168 valence electrons. The number of hydrogen-bond acceptors (Lipinski definition) is 6. The summed E-state index contributed by atoms with van der Waals surface area (Å²) in [5, 5.41) is 4.16. The lowest BCUT2D eigenvalue weighted by molar-refractivity contribution is -0.113. The molecule has 8 heteroatoms. The van der Waals surface area contributed by atoms with E-state index >= 15 is 0 Å². The molecule has 33 heavy (non-hydrogen) atoms. The van der Waals surface area contributed by atoms with Crippen LogP contribution >= 0.6 is 23.1 Å². The first-order valence-electron chi connectivity index (χ1n) is 11.0. The molecule has 0 atom stereocenters. The van der Waals surface area contributed by atoms with Crippen molar-refractivity contribution in [2.75, 3.05) is 24.2 Å². The van der Waals surface area contributed by atoms with Crippen molar-refractivity contribution in [3.63, 3.8) is 0 Å². The van der Waals surface area contributed by atoms with E-state index in [2.05, 4.69) is 17.1 Å². The summed E-state index contributed by atoms with van der Waals surface area (Å²) in [5.41, 5.74) is 2.59. The van der Waals surface area contributed by atoms with Crippen LogP contribution < -0.4 is 10.9 Å². The van der Waals surface area contributed by atoms with Crippen molar-refractivity contribution in [1.29, 1.82) is 0 Å². The van der Waals surface area contributed by atoms with Gasteiger partial charge in [-0.15, -0.1) is 11.3 Å². The number of nitrogens with one attached hydrogen (secondary N) is 1. The number of benzene rings is 2. The van der Waals surface area contributed by atoms with E-state index < -0.39 is 0 Å². The number of anilines is 1. The molecular formula is C25H24N4O2S2. The third kappa shape index (κ3) is 4.46. The molecule has 4 aromatic rings. The minimum atomic E-state index is -0.135. The van der Waals surface area contributed by atoms with Crippen molar-refractivity contribution in [3.05, 3.63) is 81.5 Å². The Kier molecular flexibility index (Phi) is 6.30. The largest absolute Gasteiger partial charge is 0.325 e. The van der Waals surface area contributed by atoms with Crippen LogP contribution in [0.15, 0.2) is 70.6 Å². The predicted molar refractivity (Wildman–Crippen MR) is 136 cm³/mol. The molecule has 0 fully saturated rings.